The molecule has 1 unspecified atom stereocenters. The molecule has 3 N–H and O–H groups in total. The molecule has 1 aromatic rings. The van der Waals surface area contributed by atoms with Gasteiger partial charge in [-0.1, -0.05) is 28.1 Å². The van der Waals surface area contributed by atoms with E-state index in [0.717, 1.165) is 4.47 Å². The molecule has 0 saturated carbocycles. The molecule has 0 saturated heterocycles. The van der Waals surface area contributed by atoms with Crippen molar-refractivity contribution in [1.82, 2.24) is 0 Å². The molecule has 0 aliphatic heterocycles. The minimum absolute atomic E-state index is 0.287. The Morgan fingerprint density at radius 2 is 2.07 bits per heavy atom. The molecule has 1 aromatic carbocycles. The van der Waals surface area contributed by atoms with Crippen molar-refractivity contribution in [1.29, 1.82) is 0 Å². The number of hydrogen-bond acceptors (Lipinski definition) is 3. The number of rotatable bonds is 3. The minimum atomic E-state index is -0.896. The summed E-state index contributed by atoms with van der Waals surface area (Å²) in [5.41, 5.74) is 5.56. The summed E-state index contributed by atoms with van der Waals surface area (Å²) in [6.45, 7) is -0.287. The third kappa shape index (κ3) is 3.01. The summed E-state index contributed by atoms with van der Waals surface area (Å²) in [7, 11) is 0. The zero-order valence-electron chi connectivity index (χ0n) is 7.31. The molecule has 1 amide bonds. The Balaban J connectivity index is 2.78. The predicted octanol–water partition coefficient (Wildman–Crippen LogP) is 1.58. The van der Waals surface area contributed by atoms with Crippen LogP contribution in [0.5, 0.6) is 0 Å². The average molecular weight is 260 g/mol. The number of carbonyl (C=O) groups is 1. The van der Waals surface area contributed by atoms with E-state index in [0.29, 0.717) is 5.56 Å². The van der Waals surface area contributed by atoms with Crippen LogP contribution in [-0.2, 0) is 4.74 Å². The summed E-state index contributed by atoms with van der Waals surface area (Å²) in [4.78, 5) is 10.5. The monoisotopic (exact) mass is 259 g/mol. The Morgan fingerprint density at radius 1 is 1.50 bits per heavy atom. The largest absolute Gasteiger partial charge is 0.439 e. The number of benzene rings is 1. The summed E-state index contributed by atoms with van der Waals surface area (Å²) >= 11 is 3.27. The third-order valence-electron chi connectivity index (χ3n) is 1.67. The normalized spacial score (nSPS) is 12.1. The molecule has 0 aromatic heterocycles. The van der Waals surface area contributed by atoms with Crippen molar-refractivity contribution in [3.05, 3.63) is 34.3 Å². The molecule has 76 valence electrons. The van der Waals surface area contributed by atoms with Gasteiger partial charge in [-0.05, 0) is 17.7 Å². The van der Waals surface area contributed by atoms with E-state index in [4.69, 9.17) is 15.6 Å². The van der Waals surface area contributed by atoms with Crippen LogP contribution in [0.15, 0.2) is 28.7 Å². The van der Waals surface area contributed by atoms with Crippen LogP contribution in [0.1, 0.15) is 11.7 Å². The molecule has 1 atom stereocenters. The molecule has 0 fully saturated rings. The van der Waals surface area contributed by atoms with Crippen LogP contribution in [0.2, 0.25) is 0 Å². The van der Waals surface area contributed by atoms with Crippen molar-refractivity contribution >= 4 is 22.0 Å². The summed E-state index contributed by atoms with van der Waals surface area (Å²) in [5.74, 6) is 0. The number of nitrogens with two attached hydrogens (primary N) is 1. The lowest BCUT2D eigenvalue weighted by Gasteiger charge is -2.13. The van der Waals surface area contributed by atoms with Gasteiger partial charge in [-0.15, -0.1) is 0 Å². The van der Waals surface area contributed by atoms with Gasteiger partial charge in [-0.25, -0.2) is 4.79 Å². The Morgan fingerprint density at radius 3 is 2.50 bits per heavy atom. The summed E-state index contributed by atoms with van der Waals surface area (Å²) in [6, 6.07) is 7.08. The van der Waals surface area contributed by atoms with E-state index in [1.54, 1.807) is 24.3 Å². The molecule has 0 aliphatic rings. The van der Waals surface area contributed by atoms with E-state index in [1.165, 1.54) is 0 Å². The predicted molar refractivity (Wildman–Crippen MR) is 54.6 cm³/mol. The van der Waals surface area contributed by atoms with Gasteiger partial charge in [0.25, 0.3) is 0 Å². The molecule has 4 nitrogen and oxygen atoms in total. The fourth-order valence-electron chi connectivity index (χ4n) is 1.03. The number of amides is 1. The molecule has 0 radical (unpaired) electrons. The van der Waals surface area contributed by atoms with Crippen LogP contribution in [0.3, 0.4) is 0 Å². The van der Waals surface area contributed by atoms with Gasteiger partial charge in [-0.3, -0.25) is 0 Å². The van der Waals surface area contributed by atoms with Crippen molar-refractivity contribution in [3.8, 4) is 0 Å². The lowest BCUT2D eigenvalue weighted by Crippen LogP contribution is -2.19. The molecule has 5 heteroatoms. The first-order valence-electron chi connectivity index (χ1n) is 3.96. The van der Waals surface area contributed by atoms with Gasteiger partial charge in [0.1, 0.15) is 0 Å². The Bertz CT molecular complexity index is 312. The maximum absolute atomic E-state index is 10.5. The Hall–Kier alpha value is -1.07. The minimum Gasteiger partial charge on any atom is -0.439 e. The van der Waals surface area contributed by atoms with Crippen molar-refractivity contribution in [2.24, 2.45) is 5.73 Å². The maximum atomic E-state index is 10.5. The van der Waals surface area contributed by atoms with Crippen LogP contribution < -0.4 is 5.73 Å². The van der Waals surface area contributed by atoms with Gasteiger partial charge >= 0.3 is 6.09 Å². The second-order valence-electron chi connectivity index (χ2n) is 2.66. The van der Waals surface area contributed by atoms with Crippen molar-refractivity contribution in [3.63, 3.8) is 0 Å². The highest BCUT2D eigenvalue weighted by atomic mass is 79.9. The first-order chi connectivity index (χ1) is 6.63. The van der Waals surface area contributed by atoms with Crippen LogP contribution in [-0.4, -0.2) is 17.8 Å². The van der Waals surface area contributed by atoms with E-state index in [9.17, 15) is 4.79 Å². The fraction of sp³-hybridized carbons (Fsp3) is 0.222. The third-order valence-corrected chi connectivity index (χ3v) is 2.19. The Labute approximate surface area is 89.8 Å². The lowest BCUT2D eigenvalue weighted by atomic mass is 10.1. The van der Waals surface area contributed by atoms with E-state index >= 15 is 0 Å². The number of hydrogen-bond donors (Lipinski definition) is 2. The molecular formula is C9H10BrNO3. The smallest absolute Gasteiger partial charge is 0.405 e. The highest BCUT2D eigenvalue weighted by Crippen LogP contribution is 2.19. The maximum Gasteiger partial charge on any atom is 0.405 e. The van der Waals surface area contributed by atoms with E-state index in [1.807, 2.05) is 0 Å². The number of primary amides is 1. The van der Waals surface area contributed by atoms with Crippen molar-refractivity contribution in [2.45, 2.75) is 6.10 Å². The zero-order chi connectivity index (χ0) is 10.6. The van der Waals surface area contributed by atoms with Gasteiger partial charge in [0.15, 0.2) is 6.10 Å². The highest BCUT2D eigenvalue weighted by molar-refractivity contribution is 9.10. The second-order valence-corrected chi connectivity index (χ2v) is 3.58. The summed E-state index contributed by atoms with van der Waals surface area (Å²) in [6.07, 6.45) is -1.59. The molecule has 0 spiro atoms. The Kier molecular flexibility index (Phi) is 3.91. The standard InChI is InChI=1S/C9H10BrNO3/c10-7-3-1-6(2-4-7)8(5-12)14-9(11)13/h1-4,8,12H,5H2,(H2,11,13). The molecule has 0 heterocycles. The van der Waals surface area contributed by atoms with Crippen molar-refractivity contribution < 1.29 is 14.6 Å². The second kappa shape index (κ2) is 4.97. The van der Waals surface area contributed by atoms with Crippen LogP contribution in [0.4, 0.5) is 4.79 Å². The van der Waals surface area contributed by atoms with Gasteiger partial charge in [0, 0.05) is 4.47 Å². The van der Waals surface area contributed by atoms with Gasteiger partial charge in [-0.2, -0.15) is 0 Å². The molecule has 1 rings (SSSR count). The van der Waals surface area contributed by atoms with Gasteiger partial charge < -0.3 is 15.6 Å². The highest BCUT2D eigenvalue weighted by Gasteiger charge is 2.13. The average Bonchev–Trinajstić information content (AvgIpc) is 2.15. The number of aliphatic hydroxyl groups is 1. The zero-order valence-corrected chi connectivity index (χ0v) is 8.90. The van der Waals surface area contributed by atoms with E-state index in [2.05, 4.69) is 15.9 Å². The summed E-state index contributed by atoms with van der Waals surface area (Å²) in [5, 5.41) is 8.95. The first-order valence-corrected chi connectivity index (χ1v) is 4.75. The molecular weight excluding hydrogens is 250 g/mol. The van der Waals surface area contributed by atoms with Crippen LogP contribution in [0, 0.1) is 0 Å². The van der Waals surface area contributed by atoms with Crippen LogP contribution >= 0.6 is 15.9 Å². The molecule has 14 heavy (non-hydrogen) atoms. The SMILES string of the molecule is NC(=O)OC(CO)c1ccc(Br)cc1. The topological polar surface area (TPSA) is 72.6 Å². The molecule has 0 aliphatic carbocycles. The number of aliphatic hydroxyl groups excluding tert-OH is 1. The first kappa shape index (κ1) is 11.0. The lowest BCUT2D eigenvalue weighted by molar-refractivity contribution is 0.0633. The van der Waals surface area contributed by atoms with E-state index < -0.39 is 12.2 Å². The number of ether oxygens (including phenoxy) is 1. The quantitative estimate of drug-likeness (QED) is 0.866. The van der Waals surface area contributed by atoms with Crippen LogP contribution in [0.25, 0.3) is 0 Å². The fourth-order valence-corrected chi connectivity index (χ4v) is 1.29. The molecule has 0 bridgehead atoms. The van der Waals surface area contributed by atoms with Crippen molar-refractivity contribution in [2.75, 3.05) is 6.61 Å². The van der Waals surface area contributed by atoms with E-state index in [-0.39, 0.29) is 6.61 Å². The number of halogens is 1. The number of carbonyl (C=O) groups excluding carboxylic acids is 1. The van der Waals surface area contributed by atoms with Gasteiger partial charge in [0.2, 0.25) is 0 Å². The summed E-state index contributed by atoms with van der Waals surface area (Å²) < 4.78 is 5.61. The van der Waals surface area contributed by atoms with Gasteiger partial charge in [0.05, 0.1) is 6.61 Å².